The molecule has 0 radical (unpaired) electrons. The van der Waals surface area contributed by atoms with E-state index in [-0.39, 0.29) is 5.91 Å². The van der Waals surface area contributed by atoms with Crippen LogP contribution in [0.15, 0.2) is 0 Å². The molecule has 20 heavy (non-hydrogen) atoms. The summed E-state index contributed by atoms with van der Waals surface area (Å²) in [6.07, 6.45) is 6.10. The van der Waals surface area contributed by atoms with Gasteiger partial charge in [-0.3, -0.25) is 4.79 Å². The monoisotopic (exact) mass is 280 g/mol. The van der Waals surface area contributed by atoms with Gasteiger partial charge in [-0.1, -0.05) is 27.7 Å². The zero-order valence-electron chi connectivity index (χ0n) is 14.0. The standard InChI is InChI=1S/C17H32N2O/c1-13(20)19-8-6-14(7-9-19)18-15-10-16(2,3)12-17(4,5)11-15/h14-15,18H,6-12H2,1-5H3. The van der Waals surface area contributed by atoms with Crippen molar-refractivity contribution in [2.24, 2.45) is 10.8 Å². The van der Waals surface area contributed by atoms with Gasteiger partial charge < -0.3 is 10.2 Å². The molecule has 0 atom stereocenters. The van der Waals surface area contributed by atoms with Gasteiger partial charge >= 0.3 is 0 Å². The van der Waals surface area contributed by atoms with E-state index < -0.39 is 0 Å². The molecule has 2 rings (SSSR count). The third-order valence-electron chi connectivity index (χ3n) is 4.97. The molecular weight excluding hydrogens is 248 g/mol. The van der Waals surface area contributed by atoms with Crippen molar-refractivity contribution in [3.8, 4) is 0 Å². The van der Waals surface area contributed by atoms with Crippen molar-refractivity contribution in [3.05, 3.63) is 0 Å². The number of piperidine rings is 1. The molecule has 1 aliphatic heterocycles. The number of nitrogens with zero attached hydrogens (tertiary/aromatic N) is 1. The second kappa shape index (κ2) is 5.67. The highest BCUT2D eigenvalue weighted by molar-refractivity contribution is 5.73. The van der Waals surface area contributed by atoms with Crippen LogP contribution in [0.5, 0.6) is 0 Å². The minimum atomic E-state index is 0.225. The molecule has 1 heterocycles. The molecule has 1 aliphatic carbocycles. The molecule has 0 aromatic rings. The zero-order valence-corrected chi connectivity index (χ0v) is 14.0. The molecule has 116 valence electrons. The molecule has 2 aliphatic rings. The lowest BCUT2D eigenvalue weighted by molar-refractivity contribution is -0.129. The first-order valence-corrected chi connectivity index (χ1v) is 8.18. The minimum Gasteiger partial charge on any atom is -0.343 e. The van der Waals surface area contributed by atoms with Crippen LogP contribution in [0.1, 0.15) is 66.7 Å². The maximum Gasteiger partial charge on any atom is 0.219 e. The Hall–Kier alpha value is -0.570. The van der Waals surface area contributed by atoms with Gasteiger partial charge in [0.15, 0.2) is 0 Å². The Balaban J connectivity index is 1.86. The maximum absolute atomic E-state index is 11.4. The van der Waals surface area contributed by atoms with E-state index in [1.165, 1.54) is 19.3 Å². The molecule has 0 aromatic heterocycles. The average Bonchev–Trinajstić information content (AvgIpc) is 2.25. The lowest BCUT2D eigenvalue weighted by Gasteiger charge is -2.46. The van der Waals surface area contributed by atoms with Crippen LogP contribution in [0.4, 0.5) is 0 Å². The van der Waals surface area contributed by atoms with Crippen LogP contribution in [-0.2, 0) is 4.79 Å². The topological polar surface area (TPSA) is 32.3 Å². The van der Waals surface area contributed by atoms with Gasteiger partial charge in [0.2, 0.25) is 5.91 Å². The van der Waals surface area contributed by atoms with E-state index in [1.807, 2.05) is 4.90 Å². The molecule has 0 aromatic carbocycles. The summed E-state index contributed by atoms with van der Waals surface area (Å²) in [5.41, 5.74) is 0.888. The summed E-state index contributed by atoms with van der Waals surface area (Å²) in [7, 11) is 0. The number of hydrogen-bond acceptors (Lipinski definition) is 2. The fourth-order valence-electron chi connectivity index (χ4n) is 4.66. The first-order valence-electron chi connectivity index (χ1n) is 8.18. The number of nitrogens with one attached hydrogen (secondary N) is 1. The van der Waals surface area contributed by atoms with E-state index in [9.17, 15) is 4.79 Å². The smallest absolute Gasteiger partial charge is 0.219 e. The van der Waals surface area contributed by atoms with Gasteiger partial charge in [0.1, 0.15) is 0 Å². The Kier molecular flexibility index (Phi) is 4.48. The van der Waals surface area contributed by atoms with E-state index in [0.29, 0.717) is 22.9 Å². The zero-order chi connectivity index (χ0) is 15.0. The van der Waals surface area contributed by atoms with Crippen molar-refractivity contribution in [1.82, 2.24) is 10.2 Å². The van der Waals surface area contributed by atoms with Crippen molar-refractivity contribution < 1.29 is 4.79 Å². The molecule has 1 amide bonds. The normalized spacial score (nSPS) is 27.6. The number of carbonyl (C=O) groups is 1. The lowest BCUT2D eigenvalue weighted by Crippen LogP contribution is -2.51. The molecule has 3 nitrogen and oxygen atoms in total. The third kappa shape index (κ3) is 4.21. The van der Waals surface area contributed by atoms with Gasteiger partial charge in [-0.15, -0.1) is 0 Å². The van der Waals surface area contributed by atoms with Gasteiger partial charge in [-0.2, -0.15) is 0 Å². The van der Waals surface area contributed by atoms with Crippen molar-refractivity contribution >= 4 is 5.91 Å². The molecule has 1 saturated carbocycles. The second-order valence-electron chi connectivity index (χ2n) is 8.56. The summed E-state index contributed by atoms with van der Waals surface area (Å²) in [5.74, 6) is 0.225. The van der Waals surface area contributed by atoms with Gasteiger partial charge in [-0.05, 0) is 42.9 Å². The summed E-state index contributed by atoms with van der Waals surface area (Å²) in [6.45, 7) is 13.1. The van der Waals surface area contributed by atoms with Crippen LogP contribution in [0.3, 0.4) is 0 Å². The van der Waals surface area contributed by atoms with Crippen molar-refractivity contribution in [2.45, 2.75) is 78.8 Å². The highest BCUT2D eigenvalue weighted by Crippen LogP contribution is 2.45. The van der Waals surface area contributed by atoms with Gasteiger partial charge in [0.05, 0.1) is 0 Å². The number of amides is 1. The molecular formula is C17H32N2O. The SMILES string of the molecule is CC(=O)N1CCC(NC2CC(C)(C)CC(C)(C)C2)CC1. The molecule has 0 spiro atoms. The quantitative estimate of drug-likeness (QED) is 0.842. The van der Waals surface area contributed by atoms with Crippen LogP contribution >= 0.6 is 0 Å². The Morgan fingerprint density at radius 2 is 1.50 bits per heavy atom. The van der Waals surface area contributed by atoms with Crippen LogP contribution in [0, 0.1) is 10.8 Å². The highest BCUT2D eigenvalue weighted by Gasteiger charge is 2.39. The summed E-state index contributed by atoms with van der Waals surface area (Å²) < 4.78 is 0. The first kappa shape index (κ1) is 15.8. The molecule has 2 fully saturated rings. The molecule has 3 heteroatoms. The summed E-state index contributed by atoms with van der Waals surface area (Å²) in [6, 6.07) is 1.24. The number of hydrogen-bond donors (Lipinski definition) is 1. The fourth-order valence-corrected chi connectivity index (χ4v) is 4.66. The van der Waals surface area contributed by atoms with Gasteiger partial charge in [0.25, 0.3) is 0 Å². The average molecular weight is 280 g/mol. The van der Waals surface area contributed by atoms with Crippen LogP contribution in [0.25, 0.3) is 0 Å². The number of likely N-dealkylation sites (tertiary alicyclic amines) is 1. The predicted octanol–water partition coefficient (Wildman–Crippen LogP) is 3.19. The Labute approximate surface area is 124 Å². The third-order valence-corrected chi connectivity index (χ3v) is 4.97. The number of rotatable bonds is 2. The van der Waals surface area contributed by atoms with Crippen molar-refractivity contribution in [3.63, 3.8) is 0 Å². The Bertz CT molecular complexity index is 338. The van der Waals surface area contributed by atoms with Crippen LogP contribution < -0.4 is 5.32 Å². The van der Waals surface area contributed by atoms with E-state index in [0.717, 1.165) is 25.9 Å². The Morgan fingerprint density at radius 1 is 1.00 bits per heavy atom. The molecule has 1 N–H and O–H groups in total. The lowest BCUT2D eigenvalue weighted by atomic mass is 9.63. The van der Waals surface area contributed by atoms with Crippen LogP contribution in [-0.4, -0.2) is 36.0 Å². The summed E-state index contributed by atoms with van der Waals surface area (Å²) in [4.78, 5) is 13.4. The first-order chi connectivity index (χ1) is 9.17. The van der Waals surface area contributed by atoms with E-state index in [2.05, 4.69) is 33.0 Å². The molecule has 1 saturated heterocycles. The number of carbonyl (C=O) groups excluding carboxylic acids is 1. The van der Waals surface area contributed by atoms with Crippen molar-refractivity contribution in [2.75, 3.05) is 13.1 Å². The van der Waals surface area contributed by atoms with Crippen molar-refractivity contribution in [1.29, 1.82) is 0 Å². The van der Waals surface area contributed by atoms with Crippen LogP contribution in [0.2, 0.25) is 0 Å². The molecule has 0 bridgehead atoms. The fraction of sp³-hybridized carbons (Fsp3) is 0.941. The van der Waals surface area contributed by atoms with Gasteiger partial charge in [0, 0.05) is 32.1 Å². The summed E-state index contributed by atoms with van der Waals surface area (Å²) >= 11 is 0. The predicted molar refractivity (Wildman–Crippen MR) is 83.6 cm³/mol. The molecule has 0 unspecified atom stereocenters. The van der Waals surface area contributed by atoms with E-state index in [4.69, 9.17) is 0 Å². The maximum atomic E-state index is 11.4. The minimum absolute atomic E-state index is 0.225. The van der Waals surface area contributed by atoms with Gasteiger partial charge in [-0.25, -0.2) is 0 Å². The highest BCUT2D eigenvalue weighted by atomic mass is 16.2. The summed E-state index contributed by atoms with van der Waals surface area (Å²) in [5, 5.41) is 3.89. The van der Waals surface area contributed by atoms with E-state index >= 15 is 0 Å². The largest absolute Gasteiger partial charge is 0.343 e. The Morgan fingerprint density at radius 3 is 1.95 bits per heavy atom. The van der Waals surface area contributed by atoms with E-state index in [1.54, 1.807) is 6.92 Å². The second-order valence-corrected chi connectivity index (χ2v) is 8.56.